The molecule has 0 aromatic carbocycles. The maximum Gasteiger partial charge on any atom is 0.472 e. The van der Waals surface area contributed by atoms with Crippen LogP contribution >= 0.6 is 7.82 Å². The molecule has 2 atom stereocenters. The molecule has 0 saturated heterocycles. The molecule has 0 bridgehead atoms. The topological polar surface area (TPSA) is 112 Å². The summed E-state index contributed by atoms with van der Waals surface area (Å²) in [6.45, 7) is 4.23. The molecule has 0 aromatic rings. The van der Waals surface area contributed by atoms with Gasteiger partial charge in [-0.05, 0) is 71.9 Å². The third-order valence-electron chi connectivity index (χ3n) is 7.73. The maximum absolute atomic E-state index is 12.5. The summed E-state index contributed by atoms with van der Waals surface area (Å²) in [5, 5.41) is 0. The molecule has 47 heavy (non-hydrogen) atoms. The lowest BCUT2D eigenvalue weighted by Crippen LogP contribution is -2.29. The molecule has 0 spiro atoms. The van der Waals surface area contributed by atoms with Crippen molar-refractivity contribution in [2.24, 2.45) is 0 Å². The molecule has 0 aromatic heterocycles. The minimum Gasteiger partial charge on any atom is -0.462 e. The van der Waals surface area contributed by atoms with Gasteiger partial charge in [-0.15, -0.1) is 0 Å². The average Bonchev–Trinajstić information content (AvgIpc) is 3.03. The second-order valence-corrected chi connectivity index (χ2v) is 14.2. The number of rotatable bonds is 34. The van der Waals surface area contributed by atoms with Crippen LogP contribution in [0.1, 0.15) is 155 Å². The highest BCUT2D eigenvalue weighted by Gasteiger charge is 2.26. The Morgan fingerprint density at radius 1 is 0.638 bits per heavy atom. The van der Waals surface area contributed by atoms with E-state index in [1.54, 1.807) is 0 Å². The number of nitrogens with zero attached hydrogens (tertiary/aromatic N) is 1. The molecule has 0 radical (unpaired) electrons. The van der Waals surface area contributed by atoms with Crippen LogP contribution in [0.2, 0.25) is 0 Å². The van der Waals surface area contributed by atoms with E-state index in [0.29, 0.717) is 13.0 Å². The van der Waals surface area contributed by atoms with E-state index >= 15 is 0 Å². The Balaban J connectivity index is 4.40. The molecule has 0 amide bonds. The van der Waals surface area contributed by atoms with Crippen LogP contribution in [-0.4, -0.2) is 68.3 Å². The number of esters is 2. The summed E-state index contributed by atoms with van der Waals surface area (Å²) in [5.74, 6) is -0.826. The molecule has 0 heterocycles. The highest BCUT2D eigenvalue weighted by Crippen LogP contribution is 2.43. The van der Waals surface area contributed by atoms with Gasteiger partial charge in [0.25, 0.3) is 0 Å². The van der Waals surface area contributed by atoms with Gasteiger partial charge < -0.3 is 19.3 Å². The number of carbonyl (C=O) groups excluding carboxylic acids is 2. The zero-order valence-corrected chi connectivity index (χ0v) is 31.4. The summed E-state index contributed by atoms with van der Waals surface area (Å²) in [5.41, 5.74) is 0. The second kappa shape index (κ2) is 33.0. The van der Waals surface area contributed by atoms with Gasteiger partial charge in [0.05, 0.1) is 13.2 Å². The van der Waals surface area contributed by atoms with Crippen LogP contribution in [0.15, 0.2) is 24.3 Å². The third kappa shape index (κ3) is 34.2. The van der Waals surface area contributed by atoms with Crippen LogP contribution in [0.5, 0.6) is 0 Å². The SMILES string of the molecule is CCCC/C=C\CCCCCCCC(=O)OC(COC(=O)CCCCCCC/C=C\CCCCCC)COP(=O)(O)OCCN(C)C. The van der Waals surface area contributed by atoms with Crippen molar-refractivity contribution < 1.29 is 37.6 Å². The highest BCUT2D eigenvalue weighted by atomic mass is 31.2. The van der Waals surface area contributed by atoms with Gasteiger partial charge in [-0.1, -0.05) is 109 Å². The number of hydrogen-bond donors (Lipinski definition) is 1. The van der Waals surface area contributed by atoms with Crippen LogP contribution in [0.4, 0.5) is 0 Å². The molecule has 10 heteroatoms. The zero-order valence-electron chi connectivity index (χ0n) is 30.5. The van der Waals surface area contributed by atoms with E-state index in [0.717, 1.165) is 77.0 Å². The summed E-state index contributed by atoms with van der Waals surface area (Å²) in [4.78, 5) is 36.8. The van der Waals surface area contributed by atoms with Gasteiger partial charge in [0.15, 0.2) is 6.10 Å². The first-order valence-electron chi connectivity index (χ1n) is 18.6. The van der Waals surface area contributed by atoms with Gasteiger partial charge in [0.1, 0.15) is 6.61 Å². The van der Waals surface area contributed by atoms with Gasteiger partial charge in [0, 0.05) is 19.4 Å². The molecule has 0 fully saturated rings. The zero-order chi connectivity index (χ0) is 34.9. The van der Waals surface area contributed by atoms with E-state index in [1.165, 1.54) is 44.9 Å². The van der Waals surface area contributed by atoms with Crippen molar-refractivity contribution in [2.75, 3.05) is 40.5 Å². The molecule has 0 aliphatic heterocycles. The monoisotopic (exact) mass is 687 g/mol. The van der Waals surface area contributed by atoms with E-state index in [4.69, 9.17) is 18.5 Å². The Morgan fingerprint density at radius 3 is 1.64 bits per heavy atom. The van der Waals surface area contributed by atoms with Crippen molar-refractivity contribution in [3.63, 3.8) is 0 Å². The number of allylic oxidation sites excluding steroid dienone is 4. The van der Waals surface area contributed by atoms with Crippen molar-refractivity contribution in [1.29, 1.82) is 0 Å². The number of likely N-dealkylation sites (N-methyl/N-ethyl adjacent to an activating group) is 1. The van der Waals surface area contributed by atoms with E-state index in [-0.39, 0.29) is 32.0 Å². The summed E-state index contributed by atoms with van der Waals surface area (Å²) >= 11 is 0. The largest absolute Gasteiger partial charge is 0.472 e. The van der Waals surface area contributed by atoms with Gasteiger partial charge in [-0.3, -0.25) is 18.6 Å². The fourth-order valence-electron chi connectivity index (χ4n) is 4.78. The smallest absolute Gasteiger partial charge is 0.462 e. The Bertz CT molecular complexity index is 848. The lowest BCUT2D eigenvalue weighted by Gasteiger charge is -2.20. The summed E-state index contributed by atoms with van der Waals surface area (Å²) in [6.07, 6.45) is 30.8. The minimum atomic E-state index is -4.35. The normalized spacial score (nSPS) is 13.8. The van der Waals surface area contributed by atoms with E-state index in [1.807, 2.05) is 19.0 Å². The quantitative estimate of drug-likeness (QED) is 0.0306. The number of ether oxygens (including phenoxy) is 2. The third-order valence-corrected chi connectivity index (χ3v) is 8.71. The first kappa shape index (κ1) is 45.5. The number of phosphoric acid groups is 1. The summed E-state index contributed by atoms with van der Waals surface area (Å²) in [7, 11) is -0.716. The average molecular weight is 688 g/mol. The summed E-state index contributed by atoms with van der Waals surface area (Å²) < 4.78 is 33.2. The van der Waals surface area contributed by atoms with E-state index in [2.05, 4.69) is 38.2 Å². The number of unbranched alkanes of at least 4 members (excludes halogenated alkanes) is 16. The van der Waals surface area contributed by atoms with Crippen LogP contribution in [0.3, 0.4) is 0 Å². The van der Waals surface area contributed by atoms with Gasteiger partial charge in [-0.2, -0.15) is 0 Å². The number of phosphoric ester groups is 1. The molecule has 0 saturated carbocycles. The van der Waals surface area contributed by atoms with Crippen LogP contribution in [-0.2, 0) is 32.7 Å². The van der Waals surface area contributed by atoms with E-state index < -0.39 is 26.5 Å². The van der Waals surface area contributed by atoms with Crippen LogP contribution < -0.4 is 0 Å². The molecular weight excluding hydrogens is 617 g/mol. The maximum atomic E-state index is 12.5. The first-order valence-corrected chi connectivity index (χ1v) is 20.1. The van der Waals surface area contributed by atoms with Crippen molar-refractivity contribution in [1.82, 2.24) is 4.90 Å². The number of hydrogen-bond acceptors (Lipinski definition) is 8. The van der Waals surface area contributed by atoms with Crippen molar-refractivity contribution in [3.05, 3.63) is 24.3 Å². The molecule has 9 nitrogen and oxygen atoms in total. The Hall–Kier alpha value is -1.51. The molecule has 0 aliphatic rings. The predicted molar refractivity (Wildman–Crippen MR) is 192 cm³/mol. The molecule has 0 rings (SSSR count). The molecule has 1 N–H and O–H groups in total. The van der Waals surface area contributed by atoms with Gasteiger partial charge >= 0.3 is 19.8 Å². The van der Waals surface area contributed by atoms with Gasteiger partial charge in [0.2, 0.25) is 0 Å². The fourth-order valence-corrected chi connectivity index (χ4v) is 5.52. The summed E-state index contributed by atoms with van der Waals surface area (Å²) in [6, 6.07) is 0. The Kier molecular flexibility index (Phi) is 31.9. The number of carbonyl (C=O) groups is 2. The predicted octanol–water partition coefficient (Wildman–Crippen LogP) is 9.87. The van der Waals surface area contributed by atoms with Crippen LogP contribution in [0, 0.1) is 0 Å². The lowest BCUT2D eigenvalue weighted by molar-refractivity contribution is -0.161. The minimum absolute atomic E-state index is 0.00515. The molecule has 2 unspecified atom stereocenters. The van der Waals surface area contributed by atoms with Crippen LogP contribution in [0.25, 0.3) is 0 Å². The first-order chi connectivity index (χ1) is 22.7. The molecule has 276 valence electrons. The Morgan fingerprint density at radius 2 is 1.11 bits per heavy atom. The van der Waals surface area contributed by atoms with Gasteiger partial charge in [-0.25, -0.2) is 4.57 Å². The highest BCUT2D eigenvalue weighted by molar-refractivity contribution is 7.47. The molecule has 0 aliphatic carbocycles. The second-order valence-electron chi connectivity index (χ2n) is 12.7. The standard InChI is InChI=1S/C37H70NO8P/c1-5-7-9-11-13-15-17-18-20-21-23-25-27-29-36(39)43-33-35(34-45-47(41,42)44-32-31-38(3)4)46-37(40)30-28-26-24-22-19-16-14-12-10-8-6-2/h12,14-15,17,35H,5-11,13,16,18-34H2,1-4H3,(H,41,42)/b14-12-,17-15-. The van der Waals surface area contributed by atoms with Crippen molar-refractivity contribution in [3.8, 4) is 0 Å². The lowest BCUT2D eigenvalue weighted by atomic mass is 10.1. The van der Waals surface area contributed by atoms with Crippen molar-refractivity contribution in [2.45, 2.75) is 161 Å². The van der Waals surface area contributed by atoms with E-state index in [9.17, 15) is 19.0 Å². The Labute approximate surface area is 287 Å². The van der Waals surface area contributed by atoms with Crippen molar-refractivity contribution >= 4 is 19.8 Å². The molecular formula is C37H70NO8P. The fraction of sp³-hybridized carbons (Fsp3) is 0.838.